The summed E-state index contributed by atoms with van der Waals surface area (Å²) in [6.07, 6.45) is 12.7. The molecule has 57 heavy (non-hydrogen) atoms. The third-order valence-electron chi connectivity index (χ3n) is 7.56. The molecule has 3 N–H and O–H groups in total. The van der Waals surface area contributed by atoms with Crippen molar-refractivity contribution in [2.24, 2.45) is 5.73 Å². The standard InChI is InChI=1S/C16H20N2O.C14H13NO3.C13H11NO2.C3H9N/c1-2-8-17-10-15-9-16(12-18-11-15)19-13-14-6-4-3-5-7-14;1-17-14(16)12-7-13(9-15-8-12)18-10-11-5-3-2-4-6-11;15-9-12-6-13(8-14-7-12)16-10-11-4-2-1-3-5-11;1-2-3-4/h3-7,9,11-12,17H,2,8,10,13H2,1H3;2-9H,10H2,1H3;1-9H,10H2;2-4H2,1H3. The van der Waals surface area contributed by atoms with Crippen molar-refractivity contribution in [2.45, 2.75) is 53.1 Å². The zero-order valence-electron chi connectivity index (χ0n) is 33.0. The van der Waals surface area contributed by atoms with Gasteiger partial charge in [-0.1, -0.05) is 105 Å². The summed E-state index contributed by atoms with van der Waals surface area (Å²) in [5.41, 5.74) is 10.4. The van der Waals surface area contributed by atoms with Crippen LogP contribution < -0.4 is 25.3 Å². The number of nitrogens with one attached hydrogen (secondary N) is 1. The second-order valence-corrected chi connectivity index (χ2v) is 12.3. The summed E-state index contributed by atoms with van der Waals surface area (Å²) in [7, 11) is 1.33. The number of carbonyl (C=O) groups is 2. The minimum absolute atomic E-state index is 0.378. The number of aromatic nitrogens is 3. The average Bonchev–Trinajstić information content (AvgIpc) is 3.28. The van der Waals surface area contributed by atoms with Gasteiger partial charge in [-0.25, -0.2) is 4.79 Å². The van der Waals surface area contributed by atoms with Gasteiger partial charge >= 0.3 is 5.97 Å². The Bertz CT molecular complexity index is 1970. The van der Waals surface area contributed by atoms with Crippen LogP contribution in [-0.4, -0.2) is 47.4 Å². The van der Waals surface area contributed by atoms with E-state index in [4.69, 9.17) is 19.9 Å². The Morgan fingerprint density at radius 2 is 1.07 bits per heavy atom. The number of hydrogen-bond donors (Lipinski definition) is 2. The third-order valence-corrected chi connectivity index (χ3v) is 7.56. The van der Waals surface area contributed by atoms with E-state index in [1.807, 2.05) is 91.1 Å². The average molecular weight is 772 g/mol. The number of rotatable bonds is 16. The molecule has 298 valence electrons. The lowest BCUT2D eigenvalue weighted by Gasteiger charge is -2.08. The Balaban J connectivity index is 0.000000219. The highest BCUT2D eigenvalue weighted by Crippen LogP contribution is 2.16. The fourth-order valence-electron chi connectivity index (χ4n) is 4.58. The van der Waals surface area contributed by atoms with Crippen LogP contribution in [0.1, 0.15) is 69.7 Å². The number of aldehydes is 1. The number of nitrogens with zero attached hydrogens (tertiary/aromatic N) is 3. The second kappa shape index (κ2) is 28.0. The quantitative estimate of drug-likeness (QED) is 0.0555. The van der Waals surface area contributed by atoms with E-state index in [0.717, 1.165) is 66.8 Å². The van der Waals surface area contributed by atoms with Gasteiger partial charge in [-0.05, 0) is 66.4 Å². The van der Waals surface area contributed by atoms with Gasteiger partial charge in [0.25, 0.3) is 0 Å². The van der Waals surface area contributed by atoms with Crippen molar-refractivity contribution >= 4 is 12.3 Å². The summed E-state index contributed by atoms with van der Waals surface area (Å²) in [6, 6.07) is 35.1. The van der Waals surface area contributed by atoms with Gasteiger partial charge in [0.15, 0.2) is 6.29 Å². The molecule has 3 aromatic carbocycles. The molecule has 0 radical (unpaired) electrons. The van der Waals surface area contributed by atoms with Gasteiger partial charge in [0, 0.05) is 30.7 Å². The predicted octanol–water partition coefficient (Wildman–Crippen LogP) is 8.44. The van der Waals surface area contributed by atoms with Gasteiger partial charge < -0.3 is 30.0 Å². The van der Waals surface area contributed by atoms with Crippen LogP contribution in [0.5, 0.6) is 17.2 Å². The third kappa shape index (κ3) is 19.1. The van der Waals surface area contributed by atoms with Gasteiger partial charge in [0.05, 0.1) is 31.3 Å². The first-order chi connectivity index (χ1) is 28.0. The minimum Gasteiger partial charge on any atom is -0.487 e. The van der Waals surface area contributed by atoms with Crippen LogP contribution in [0.25, 0.3) is 0 Å². The molecular formula is C46H53N5O6. The first-order valence-electron chi connectivity index (χ1n) is 18.8. The van der Waals surface area contributed by atoms with Crippen molar-refractivity contribution in [2.75, 3.05) is 20.2 Å². The Hall–Kier alpha value is -6.43. The highest BCUT2D eigenvalue weighted by atomic mass is 16.5. The van der Waals surface area contributed by atoms with Gasteiger partial charge in [-0.3, -0.25) is 19.7 Å². The zero-order valence-corrected chi connectivity index (χ0v) is 33.0. The molecule has 6 rings (SSSR count). The molecule has 3 aromatic heterocycles. The topological polar surface area (TPSA) is 148 Å². The minimum atomic E-state index is -0.423. The summed E-state index contributed by atoms with van der Waals surface area (Å²) in [6.45, 7) is 8.38. The maximum absolute atomic E-state index is 11.3. The molecule has 6 aromatic rings. The molecule has 3 heterocycles. The molecule has 0 spiro atoms. The van der Waals surface area contributed by atoms with E-state index >= 15 is 0 Å². The highest BCUT2D eigenvalue weighted by Gasteiger charge is 2.07. The number of pyridine rings is 3. The summed E-state index contributed by atoms with van der Waals surface area (Å²) in [4.78, 5) is 33.9. The maximum Gasteiger partial charge on any atom is 0.339 e. The van der Waals surface area contributed by atoms with Crippen molar-refractivity contribution in [1.29, 1.82) is 0 Å². The lowest BCUT2D eigenvalue weighted by atomic mass is 10.2. The number of carbonyl (C=O) groups excluding carboxylic acids is 2. The van der Waals surface area contributed by atoms with Crippen LogP contribution >= 0.6 is 0 Å². The molecule has 0 aliphatic rings. The van der Waals surface area contributed by atoms with Crippen LogP contribution in [0.15, 0.2) is 146 Å². The molecule has 0 aliphatic heterocycles. The van der Waals surface area contributed by atoms with Crippen LogP contribution in [0.2, 0.25) is 0 Å². The van der Waals surface area contributed by atoms with Crippen molar-refractivity contribution < 1.29 is 28.5 Å². The van der Waals surface area contributed by atoms with E-state index < -0.39 is 5.97 Å². The number of hydrogen-bond acceptors (Lipinski definition) is 11. The Labute approximate surface area is 336 Å². The summed E-state index contributed by atoms with van der Waals surface area (Å²) >= 11 is 0. The molecule has 11 heteroatoms. The summed E-state index contributed by atoms with van der Waals surface area (Å²) in [5, 5.41) is 3.36. The van der Waals surface area contributed by atoms with Crippen LogP contribution in [0, 0.1) is 0 Å². The highest BCUT2D eigenvalue weighted by molar-refractivity contribution is 5.89. The number of nitrogens with two attached hydrogens (primary N) is 1. The Morgan fingerprint density at radius 3 is 1.53 bits per heavy atom. The summed E-state index contributed by atoms with van der Waals surface area (Å²) in [5.74, 6) is 1.54. The molecular weight excluding hydrogens is 719 g/mol. The number of benzene rings is 3. The van der Waals surface area contributed by atoms with E-state index in [2.05, 4.69) is 51.0 Å². The molecule has 0 fully saturated rings. The molecule has 0 aliphatic carbocycles. The molecule has 0 unspecified atom stereocenters. The predicted molar refractivity (Wildman–Crippen MR) is 223 cm³/mol. The number of methoxy groups -OCH3 is 1. The number of esters is 1. The zero-order chi connectivity index (χ0) is 40.8. The normalized spacial score (nSPS) is 9.82. The SMILES string of the molecule is CCCN.CCCNCc1cncc(OCc2ccccc2)c1.COC(=O)c1cncc(OCc2ccccc2)c1.O=Cc1cncc(OCc2ccccc2)c1. The first kappa shape index (κ1) is 45.0. The fourth-order valence-corrected chi connectivity index (χ4v) is 4.58. The van der Waals surface area contributed by atoms with Gasteiger partial charge in [-0.15, -0.1) is 0 Å². The van der Waals surface area contributed by atoms with Gasteiger partial charge in [-0.2, -0.15) is 0 Å². The van der Waals surface area contributed by atoms with Gasteiger partial charge in [0.2, 0.25) is 0 Å². The molecule has 11 nitrogen and oxygen atoms in total. The van der Waals surface area contributed by atoms with Crippen LogP contribution in [-0.2, 0) is 31.1 Å². The molecule has 0 bridgehead atoms. The van der Waals surface area contributed by atoms with Crippen molar-refractivity contribution in [1.82, 2.24) is 20.3 Å². The summed E-state index contributed by atoms with van der Waals surface area (Å²) < 4.78 is 21.4. The Morgan fingerprint density at radius 1 is 0.614 bits per heavy atom. The smallest absolute Gasteiger partial charge is 0.339 e. The van der Waals surface area contributed by atoms with E-state index in [1.54, 1.807) is 30.7 Å². The van der Waals surface area contributed by atoms with Crippen molar-refractivity contribution in [3.8, 4) is 17.2 Å². The van der Waals surface area contributed by atoms with Crippen LogP contribution in [0.4, 0.5) is 0 Å². The largest absolute Gasteiger partial charge is 0.487 e. The lowest BCUT2D eigenvalue weighted by Crippen LogP contribution is -2.13. The lowest BCUT2D eigenvalue weighted by molar-refractivity contribution is 0.0599. The maximum atomic E-state index is 11.3. The van der Waals surface area contributed by atoms with E-state index in [-0.39, 0.29) is 0 Å². The van der Waals surface area contributed by atoms with E-state index in [0.29, 0.717) is 42.4 Å². The second-order valence-electron chi connectivity index (χ2n) is 12.3. The van der Waals surface area contributed by atoms with Crippen molar-refractivity contribution in [3.63, 3.8) is 0 Å². The Kier molecular flexibility index (Phi) is 22.1. The van der Waals surface area contributed by atoms with Gasteiger partial charge in [0.1, 0.15) is 37.1 Å². The van der Waals surface area contributed by atoms with E-state index in [9.17, 15) is 9.59 Å². The van der Waals surface area contributed by atoms with Crippen LogP contribution in [0.3, 0.4) is 0 Å². The fraction of sp³-hybridized carbons (Fsp3) is 0.239. The molecule has 0 saturated carbocycles. The monoisotopic (exact) mass is 771 g/mol. The molecule has 0 amide bonds. The molecule has 0 saturated heterocycles. The first-order valence-corrected chi connectivity index (χ1v) is 18.8. The molecule has 0 atom stereocenters. The van der Waals surface area contributed by atoms with E-state index in [1.165, 1.54) is 19.5 Å². The van der Waals surface area contributed by atoms with Crippen molar-refractivity contribution in [3.05, 3.63) is 180 Å². The number of ether oxygens (including phenoxy) is 4.